The van der Waals surface area contributed by atoms with E-state index in [2.05, 4.69) is 23.8 Å². The van der Waals surface area contributed by atoms with Crippen LogP contribution in [-0.4, -0.2) is 0 Å². The fraction of sp³-hybridized carbons (Fsp3) is 0.250. The van der Waals surface area contributed by atoms with Crippen molar-refractivity contribution in [1.29, 1.82) is 0 Å². The SMILES string of the molecule is CC(NSN)c1ccccc1. The average molecular weight is 168 g/mol. The van der Waals surface area contributed by atoms with Crippen molar-refractivity contribution in [3.8, 4) is 0 Å². The molecule has 1 atom stereocenters. The zero-order valence-electron chi connectivity index (χ0n) is 6.45. The van der Waals surface area contributed by atoms with Crippen molar-refractivity contribution < 1.29 is 0 Å². The summed E-state index contributed by atoms with van der Waals surface area (Å²) >= 11 is 1.15. The molecule has 0 fully saturated rings. The summed E-state index contributed by atoms with van der Waals surface area (Å²) in [6, 6.07) is 10.5. The average Bonchev–Trinajstić information content (AvgIpc) is 2.07. The number of benzene rings is 1. The molecule has 60 valence electrons. The Kier molecular flexibility index (Phi) is 3.42. The zero-order valence-corrected chi connectivity index (χ0v) is 7.27. The number of nitrogens with two attached hydrogens (primary N) is 1. The Labute approximate surface area is 71.4 Å². The molecule has 1 unspecified atom stereocenters. The van der Waals surface area contributed by atoms with E-state index in [9.17, 15) is 0 Å². The van der Waals surface area contributed by atoms with Crippen molar-refractivity contribution >= 4 is 12.1 Å². The van der Waals surface area contributed by atoms with Gasteiger partial charge in [0.25, 0.3) is 0 Å². The van der Waals surface area contributed by atoms with Gasteiger partial charge in [0, 0.05) is 18.2 Å². The molecule has 1 rings (SSSR count). The van der Waals surface area contributed by atoms with Crippen LogP contribution < -0.4 is 9.86 Å². The summed E-state index contributed by atoms with van der Waals surface area (Å²) in [4.78, 5) is 0. The predicted molar refractivity (Wildman–Crippen MR) is 49.8 cm³/mol. The van der Waals surface area contributed by atoms with Gasteiger partial charge in [-0.05, 0) is 12.5 Å². The summed E-state index contributed by atoms with van der Waals surface area (Å²) in [5, 5.41) is 5.27. The monoisotopic (exact) mass is 168 g/mol. The molecule has 2 nitrogen and oxygen atoms in total. The molecular weight excluding hydrogens is 156 g/mol. The molecular formula is C8H12N2S. The molecule has 1 aromatic rings. The highest BCUT2D eigenvalue weighted by Crippen LogP contribution is 2.11. The largest absolute Gasteiger partial charge is 0.264 e. The lowest BCUT2D eigenvalue weighted by Crippen LogP contribution is -2.12. The van der Waals surface area contributed by atoms with Gasteiger partial charge in [-0.3, -0.25) is 5.14 Å². The predicted octanol–water partition coefficient (Wildman–Crippen LogP) is 1.86. The maximum atomic E-state index is 5.27. The second-order valence-corrected chi connectivity index (χ2v) is 2.84. The summed E-state index contributed by atoms with van der Waals surface area (Å²) < 4.78 is 3.06. The Bertz CT molecular complexity index is 201. The first-order valence-electron chi connectivity index (χ1n) is 3.51. The van der Waals surface area contributed by atoms with Crippen LogP contribution in [0.1, 0.15) is 18.5 Å². The molecule has 0 aliphatic carbocycles. The molecule has 3 heteroatoms. The van der Waals surface area contributed by atoms with Crippen molar-refractivity contribution in [2.45, 2.75) is 13.0 Å². The van der Waals surface area contributed by atoms with Crippen LogP contribution in [0, 0.1) is 0 Å². The van der Waals surface area contributed by atoms with Crippen LogP contribution in [-0.2, 0) is 0 Å². The van der Waals surface area contributed by atoms with E-state index in [1.165, 1.54) is 5.56 Å². The first-order chi connectivity index (χ1) is 5.34. The normalized spacial score (nSPS) is 12.9. The molecule has 0 radical (unpaired) electrons. The summed E-state index contributed by atoms with van der Waals surface area (Å²) in [5.41, 5.74) is 1.26. The molecule has 0 saturated carbocycles. The third-order valence-corrected chi connectivity index (χ3v) is 2.03. The number of hydrogen-bond acceptors (Lipinski definition) is 3. The molecule has 3 N–H and O–H groups in total. The molecule has 0 aliphatic rings. The van der Waals surface area contributed by atoms with E-state index in [1.54, 1.807) is 0 Å². The summed E-state index contributed by atoms with van der Waals surface area (Å²) in [7, 11) is 0. The van der Waals surface area contributed by atoms with E-state index in [0.717, 1.165) is 12.1 Å². The third-order valence-electron chi connectivity index (χ3n) is 1.54. The topological polar surface area (TPSA) is 38.0 Å². The summed E-state index contributed by atoms with van der Waals surface area (Å²) in [6.07, 6.45) is 0. The maximum absolute atomic E-state index is 5.27. The molecule has 0 heterocycles. The quantitative estimate of drug-likeness (QED) is 0.676. The minimum Gasteiger partial charge on any atom is -0.264 e. The molecule has 11 heavy (non-hydrogen) atoms. The minimum absolute atomic E-state index is 0.311. The van der Waals surface area contributed by atoms with Gasteiger partial charge in [-0.2, -0.15) is 0 Å². The highest BCUT2D eigenvalue weighted by Gasteiger charge is 2.00. The van der Waals surface area contributed by atoms with Gasteiger partial charge < -0.3 is 0 Å². The summed E-state index contributed by atoms with van der Waals surface area (Å²) in [5.74, 6) is 0. The van der Waals surface area contributed by atoms with Gasteiger partial charge >= 0.3 is 0 Å². The smallest absolute Gasteiger partial charge is 0.0405 e. The molecule has 0 aromatic heterocycles. The Morgan fingerprint density at radius 1 is 1.36 bits per heavy atom. The Morgan fingerprint density at radius 3 is 2.55 bits per heavy atom. The fourth-order valence-electron chi connectivity index (χ4n) is 0.912. The Morgan fingerprint density at radius 2 is 2.00 bits per heavy atom. The van der Waals surface area contributed by atoms with Crippen molar-refractivity contribution in [1.82, 2.24) is 4.72 Å². The van der Waals surface area contributed by atoms with E-state index < -0.39 is 0 Å². The fourth-order valence-corrected chi connectivity index (χ4v) is 1.25. The van der Waals surface area contributed by atoms with Gasteiger partial charge in [-0.25, -0.2) is 4.72 Å². The van der Waals surface area contributed by atoms with Crippen LogP contribution in [0.15, 0.2) is 30.3 Å². The maximum Gasteiger partial charge on any atom is 0.0405 e. The highest BCUT2D eigenvalue weighted by atomic mass is 32.2. The Balaban J connectivity index is 2.61. The molecule has 0 amide bonds. The lowest BCUT2D eigenvalue weighted by atomic mass is 10.1. The standard InChI is InChI=1S/C8H12N2S/c1-7(10-11-9)8-5-3-2-4-6-8/h2-7,10H,9H2,1H3. The van der Waals surface area contributed by atoms with Crippen LogP contribution in [0.4, 0.5) is 0 Å². The van der Waals surface area contributed by atoms with Crippen molar-refractivity contribution in [2.75, 3.05) is 0 Å². The van der Waals surface area contributed by atoms with Crippen LogP contribution in [0.3, 0.4) is 0 Å². The first-order valence-corrected chi connectivity index (χ1v) is 4.38. The molecule has 0 spiro atoms. The summed E-state index contributed by atoms with van der Waals surface area (Å²) in [6.45, 7) is 2.08. The van der Waals surface area contributed by atoms with E-state index in [4.69, 9.17) is 5.14 Å². The van der Waals surface area contributed by atoms with Crippen LogP contribution in [0.25, 0.3) is 0 Å². The van der Waals surface area contributed by atoms with Crippen molar-refractivity contribution in [2.24, 2.45) is 5.14 Å². The second-order valence-electron chi connectivity index (χ2n) is 2.37. The third kappa shape index (κ3) is 2.54. The zero-order chi connectivity index (χ0) is 8.10. The van der Waals surface area contributed by atoms with Crippen LogP contribution >= 0.6 is 12.1 Å². The van der Waals surface area contributed by atoms with E-state index in [0.29, 0.717) is 6.04 Å². The second kappa shape index (κ2) is 4.38. The van der Waals surface area contributed by atoms with Crippen molar-refractivity contribution in [3.63, 3.8) is 0 Å². The van der Waals surface area contributed by atoms with Gasteiger partial charge in [-0.15, -0.1) is 0 Å². The molecule has 0 bridgehead atoms. The van der Waals surface area contributed by atoms with Crippen molar-refractivity contribution in [3.05, 3.63) is 35.9 Å². The molecule has 0 aliphatic heterocycles. The molecule has 1 aromatic carbocycles. The van der Waals surface area contributed by atoms with Gasteiger partial charge in [0.1, 0.15) is 0 Å². The van der Waals surface area contributed by atoms with E-state index in [-0.39, 0.29) is 0 Å². The van der Waals surface area contributed by atoms with Crippen LogP contribution in [0.2, 0.25) is 0 Å². The number of rotatable bonds is 3. The van der Waals surface area contributed by atoms with Gasteiger partial charge in [0.05, 0.1) is 0 Å². The van der Waals surface area contributed by atoms with Gasteiger partial charge in [-0.1, -0.05) is 30.3 Å². The first kappa shape index (κ1) is 8.59. The number of hydrogen-bond donors (Lipinski definition) is 2. The Hall–Kier alpha value is -0.510. The lowest BCUT2D eigenvalue weighted by Gasteiger charge is -2.10. The van der Waals surface area contributed by atoms with Gasteiger partial charge in [0.2, 0.25) is 0 Å². The highest BCUT2D eigenvalue weighted by molar-refractivity contribution is 7.95. The minimum atomic E-state index is 0.311. The number of nitrogens with one attached hydrogen (secondary N) is 1. The van der Waals surface area contributed by atoms with E-state index >= 15 is 0 Å². The molecule has 0 saturated heterocycles. The van der Waals surface area contributed by atoms with E-state index in [1.807, 2.05) is 18.2 Å². The van der Waals surface area contributed by atoms with Crippen LogP contribution in [0.5, 0.6) is 0 Å². The lowest BCUT2D eigenvalue weighted by molar-refractivity contribution is 0.755. The van der Waals surface area contributed by atoms with Gasteiger partial charge in [0.15, 0.2) is 0 Å².